The molecule has 2 aliphatic rings. The lowest BCUT2D eigenvalue weighted by molar-refractivity contribution is -0.137. The van der Waals surface area contributed by atoms with E-state index in [4.69, 9.17) is 0 Å². The second-order valence-corrected chi connectivity index (χ2v) is 6.47. The van der Waals surface area contributed by atoms with Gasteiger partial charge in [-0.2, -0.15) is 13.2 Å². The number of nitrogens with zero attached hydrogens (tertiary/aromatic N) is 2. The van der Waals surface area contributed by atoms with Gasteiger partial charge >= 0.3 is 6.18 Å². The van der Waals surface area contributed by atoms with Crippen molar-refractivity contribution in [3.63, 3.8) is 0 Å². The average Bonchev–Trinajstić information content (AvgIpc) is 2.99. The van der Waals surface area contributed by atoms with Gasteiger partial charge in [-0.1, -0.05) is 0 Å². The van der Waals surface area contributed by atoms with Gasteiger partial charge in [0.2, 0.25) is 5.91 Å². The Morgan fingerprint density at radius 2 is 2.00 bits per heavy atom. The normalized spacial score (nSPS) is 21.8. The fourth-order valence-corrected chi connectivity index (χ4v) is 3.28. The number of nitrogens with one attached hydrogen (secondary N) is 1. The summed E-state index contributed by atoms with van der Waals surface area (Å²) in [5, 5.41) is 3.14. The van der Waals surface area contributed by atoms with Gasteiger partial charge in [-0.15, -0.1) is 0 Å². The molecule has 2 fully saturated rings. The van der Waals surface area contributed by atoms with Gasteiger partial charge in [-0.3, -0.25) is 9.59 Å². The Kier molecular flexibility index (Phi) is 4.73. The maximum Gasteiger partial charge on any atom is 0.416 e. The number of alkyl halides is 3. The Balaban J connectivity index is 2.00. The largest absolute Gasteiger partial charge is 0.416 e. The first-order valence-electron chi connectivity index (χ1n) is 8.31. The summed E-state index contributed by atoms with van der Waals surface area (Å²) < 4.78 is 39.8. The van der Waals surface area contributed by atoms with Crippen LogP contribution in [-0.2, 0) is 11.0 Å². The van der Waals surface area contributed by atoms with Crippen LogP contribution in [0.25, 0.3) is 0 Å². The summed E-state index contributed by atoms with van der Waals surface area (Å²) >= 11 is 0. The van der Waals surface area contributed by atoms with Crippen molar-refractivity contribution in [1.82, 2.24) is 10.2 Å². The molecule has 0 radical (unpaired) electrons. The summed E-state index contributed by atoms with van der Waals surface area (Å²) in [6.45, 7) is 3.86. The second kappa shape index (κ2) is 6.67. The third kappa shape index (κ3) is 3.63. The summed E-state index contributed by atoms with van der Waals surface area (Å²) in [4.78, 5) is 27.6. The van der Waals surface area contributed by atoms with Gasteiger partial charge in [0.15, 0.2) is 0 Å². The monoisotopic (exact) mass is 355 g/mol. The molecule has 0 bridgehead atoms. The minimum atomic E-state index is -4.58. The van der Waals surface area contributed by atoms with E-state index < -0.39 is 17.6 Å². The van der Waals surface area contributed by atoms with Crippen LogP contribution < -0.4 is 10.2 Å². The molecule has 0 spiro atoms. The number of hydrogen-bond acceptors (Lipinski definition) is 3. The average molecular weight is 355 g/mol. The molecular weight excluding hydrogens is 335 g/mol. The number of carbonyl (C=O) groups excluding carboxylic acids is 2. The fraction of sp³-hybridized carbons (Fsp3) is 0.529. The van der Waals surface area contributed by atoms with Crippen LogP contribution in [0.4, 0.5) is 18.9 Å². The molecule has 2 amide bonds. The molecule has 1 N–H and O–H groups in total. The van der Waals surface area contributed by atoms with E-state index in [0.29, 0.717) is 39.0 Å². The van der Waals surface area contributed by atoms with Crippen LogP contribution >= 0.6 is 0 Å². The zero-order valence-electron chi connectivity index (χ0n) is 13.9. The van der Waals surface area contributed by atoms with E-state index in [0.717, 1.165) is 12.1 Å². The zero-order valence-corrected chi connectivity index (χ0v) is 13.9. The predicted molar refractivity (Wildman–Crippen MR) is 86.4 cm³/mol. The van der Waals surface area contributed by atoms with Crippen molar-refractivity contribution in [2.75, 3.05) is 31.1 Å². The minimum absolute atomic E-state index is 0.0294. The highest BCUT2D eigenvalue weighted by Gasteiger charge is 2.34. The molecule has 2 aliphatic heterocycles. The Labute approximate surface area is 143 Å². The number of rotatable bonds is 2. The molecule has 1 atom stereocenters. The minimum Gasteiger partial charge on any atom is -0.333 e. The van der Waals surface area contributed by atoms with Gasteiger partial charge in [-0.05, 0) is 31.5 Å². The Hall–Kier alpha value is -2.09. The molecule has 3 rings (SSSR count). The third-order valence-corrected chi connectivity index (χ3v) is 4.64. The number of benzene rings is 1. The van der Waals surface area contributed by atoms with Gasteiger partial charge in [0.05, 0.1) is 5.56 Å². The lowest BCUT2D eigenvalue weighted by Crippen LogP contribution is -2.52. The van der Waals surface area contributed by atoms with Crippen molar-refractivity contribution in [3.8, 4) is 0 Å². The molecule has 0 saturated carbocycles. The summed E-state index contributed by atoms with van der Waals surface area (Å²) in [7, 11) is 0. The van der Waals surface area contributed by atoms with Crippen LogP contribution in [0.1, 0.15) is 35.7 Å². The van der Waals surface area contributed by atoms with Crippen LogP contribution in [0, 0.1) is 0 Å². The summed E-state index contributed by atoms with van der Waals surface area (Å²) in [5.74, 6) is -0.652. The number of halogens is 3. The third-order valence-electron chi connectivity index (χ3n) is 4.64. The van der Waals surface area contributed by atoms with E-state index in [1.165, 1.54) is 11.0 Å². The Bertz CT molecular complexity index is 690. The highest BCUT2D eigenvalue weighted by molar-refractivity contribution is 5.99. The SMILES string of the molecule is CC1CNCCN1C(=O)c1cc(N2CCCC2=O)cc(C(F)(F)F)c1. The van der Waals surface area contributed by atoms with Crippen LogP contribution in [0.5, 0.6) is 0 Å². The summed E-state index contributed by atoms with van der Waals surface area (Å²) in [6.07, 6.45) is -3.66. The van der Waals surface area contributed by atoms with E-state index >= 15 is 0 Å². The number of anilines is 1. The quantitative estimate of drug-likeness (QED) is 0.886. The van der Waals surface area contributed by atoms with Crippen LogP contribution in [0.2, 0.25) is 0 Å². The molecule has 2 saturated heterocycles. The molecule has 25 heavy (non-hydrogen) atoms. The fourth-order valence-electron chi connectivity index (χ4n) is 3.28. The molecule has 1 aromatic carbocycles. The van der Waals surface area contributed by atoms with Crippen molar-refractivity contribution < 1.29 is 22.8 Å². The summed E-state index contributed by atoms with van der Waals surface area (Å²) in [6, 6.07) is 3.12. The molecule has 5 nitrogen and oxygen atoms in total. The maximum absolute atomic E-state index is 13.3. The van der Waals surface area contributed by atoms with Gasteiger partial charge in [0.1, 0.15) is 0 Å². The first kappa shape index (κ1) is 17.7. The van der Waals surface area contributed by atoms with Crippen LogP contribution in [0.3, 0.4) is 0 Å². The molecule has 1 aromatic rings. The van der Waals surface area contributed by atoms with Gasteiger partial charge in [0.25, 0.3) is 5.91 Å². The van der Waals surface area contributed by atoms with E-state index in [9.17, 15) is 22.8 Å². The van der Waals surface area contributed by atoms with Crippen molar-refractivity contribution in [2.45, 2.75) is 32.0 Å². The van der Waals surface area contributed by atoms with Crippen LogP contribution in [-0.4, -0.2) is 48.9 Å². The van der Waals surface area contributed by atoms with Gasteiger partial charge in [-0.25, -0.2) is 0 Å². The van der Waals surface area contributed by atoms with Crippen LogP contribution in [0.15, 0.2) is 18.2 Å². The van der Waals surface area contributed by atoms with E-state index in [1.54, 1.807) is 4.90 Å². The first-order chi connectivity index (χ1) is 11.8. The number of carbonyl (C=O) groups is 2. The molecule has 0 aliphatic carbocycles. The maximum atomic E-state index is 13.3. The van der Waals surface area contributed by atoms with E-state index in [1.807, 2.05) is 6.92 Å². The molecule has 1 unspecified atom stereocenters. The topological polar surface area (TPSA) is 52.7 Å². The van der Waals surface area contributed by atoms with Gasteiger partial charge in [0, 0.05) is 49.9 Å². The summed E-state index contributed by atoms with van der Waals surface area (Å²) in [5.41, 5.74) is -0.794. The molecular formula is C17H20F3N3O2. The lowest BCUT2D eigenvalue weighted by Gasteiger charge is -2.34. The molecule has 136 valence electrons. The first-order valence-corrected chi connectivity index (χ1v) is 8.31. The van der Waals surface area contributed by atoms with Crippen molar-refractivity contribution in [1.29, 1.82) is 0 Å². The smallest absolute Gasteiger partial charge is 0.333 e. The molecule has 2 heterocycles. The van der Waals surface area contributed by atoms with Crippen molar-refractivity contribution in [3.05, 3.63) is 29.3 Å². The number of piperazine rings is 1. The van der Waals surface area contributed by atoms with E-state index in [-0.39, 0.29) is 23.2 Å². The molecule has 0 aromatic heterocycles. The van der Waals surface area contributed by atoms with Gasteiger partial charge < -0.3 is 15.1 Å². The Morgan fingerprint density at radius 1 is 1.24 bits per heavy atom. The van der Waals surface area contributed by atoms with Crippen molar-refractivity contribution >= 4 is 17.5 Å². The number of amides is 2. The predicted octanol–water partition coefficient (Wildman–Crippen LogP) is 2.27. The highest BCUT2D eigenvalue weighted by atomic mass is 19.4. The standard InChI is InChI=1S/C17H20F3N3O2/c1-11-10-21-4-6-22(11)16(25)12-7-13(17(18,19)20)9-14(8-12)23-5-2-3-15(23)24/h7-9,11,21H,2-6,10H2,1H3. The zero-order chi connectivity index (χ0) is 18.2. The molecule has 8 heteroatoms. The number of hydrogen-bond donors (Lipinski definition) is 1. The lowest BCUT2D eigenvalue weighted by atomic mass is 10.1. The van der Waals surface area contributed by atoms with E-state index in [2.05, 4.69) is 5.32 Å². The highest BCUT2D eigenvalue weighted by Crippen LogP contribution is 2.34. The Morgan fingerprint density at radius 3 is 2.60 bits per heavy atom. The van der Waals surface area contributed by atoms with Crippen molar-refractivity contribution in [2.24, 2.45) is 0 Å². The second-order valence-electron chi connectivity index (χ2n) is 6.47.